The van der Waals surface area contributed by atoms with Gasteiger partial charge in [-0.25, -0.2) is 8.78 Å². The fraction of sp³-hybridized carbons (Fsp3) is 0.154. The van der Waals surface area contributed by atoms with Gasteiger partial charge in [0.15, 0.2) is 0 Å². The van der Waals surface area contributed by atoms with Crippen molar-refractivity contribution in [1.29, 1.82) is 0 Å². The number of aryl methyl sites for hydroxylation is 1. The summed E-state index contributed by atoms with van der Waals surface area (Å²) in [6.45, 7) is 1.78. The number of hydrogen-bond donors (Lipinski definition) is 1. The van der Waals surface area contributed by atoms with E-state index in [4.69, 9.17) is 0 Å². The fourth-order valence-electron chi connectivity index (χ4n) is 1.64. The zero-order valence-corrected chi connectivity index (χ0v) is 9.19. The Morgan fingerprint density at radius 2 is 1.94 bits per heavy atom. The van der Waals surface area contributed by atoms with Crippen molar-refractivity contribution in [1.82, 2.24) is 4.98 Å². The summed E-state index contributed by atoms with van der Waals surface area (Å²) in [5.74, 6) is -1.42. The topological polar surface area (TPSA) is 33.1 Å². The lowest BCUT2D eigenvalue weighted by atomic mass is 10.0. The third kappa shape index (κ3) is 2.47. The van der Waals surface area contributed by atoms with E-state index >= 15 is 0 Å². The number of aliphatic hydroxyl groups excluding tert-OH is 1. The third-order valence-corrected chi connectivity index (χ3v) is 2.49. The Morgan fingerprint density at radius 3 is 2.59 bits per heavy atom. The minimum absolute atomic E-state index is 0.0528. The Kier molecular flexibility index (Phi) is 3.15. The molecule has 1 heterocycles. The number of rotatable bonds is 2. The standard InChI is InChI=1S/C13H11F2NO/c1-8-6-9(4-5-16-8)13(17)11-3-2-10(14)7-12(11)15/h2-7,13,17H,1H3. The van der Waals surface area contributed by atoms with Gasteiger partial charge in [0, 0.05) is 23.5 Å². The quantitative estimate of drug-likeness (QED) is 0.868. The van der Waals surface area contributed by atoms with Gasteiger partial charge in [0.25, 0.3) is 0 Å². The molecular weight excluding hydrogens is 224 g/mol. The molecule has 88 valence electrons. The van der Waals surface area contributed by atoms with Gasteiger partial charge < -0.3 is 5.11 Å². The summed E-state index contributed by atoms with van der Waals surface area (Å²) < 4.78 is 26.2. The molecule has 0 bridgehead atoms. The van der Waals surface area contributed by atoms with Gasteiger partial charge in [0.1, 0.15) is 17.7 Å². The highest BCUT2D eigenvalue weighted by Gasteiger charge is 2.15. The van der Waals surface area contributed by atoms with E-state index in [9.17, 15) is 13.9 Å². The summed E-state index contributed by atoms with van der Waals surface area (Å²) in [5.41, 5.74) is 1.31. The van der Waals surface area contributed by atoms with E-state index < -0.39 is 17.7 Å². The van der Waals surface area contributed by atoms with Crippen LogP contribution in [0.15, 0.2) is 36.5 Å². The third-order valence-electron chi connectivity index (χ3n) is 2.49. The van der Waals surface area contributed by atoms with Crippen molar-refractivity contribution in [2.75, 3.05) is 0 Å². The highest BCUT2D eigenvalue weighted by Crippen LogP contribution is 2.24. The lowest BCUT2D eigenvalue weighted by Crippen LogP contribution is -2.03. The van der Waals surface area contributed by atoms with E-state index in [0.29, 0.717) is 5.56 Å². The molecule has 0 amide bonds. The molecule has 0 fully saturated rings. The second kappa shape index (κ2) is 4.59. The number of pyridine rings is 1. The van der Waals surface area contributed by atoms with Crippen LogP contribution >= 0.6 is 0 Å². The van der Waals surface area contributed by atoms with Crippen LogP contribution in [0.1, 0.15) is 22.9 Å². The maximum absolute atomic E-state index is 13.5. The van der Waals surface area contributed by atoms with Crippen LogP contribution in [0.5, 0.6) is 0 Å². The van der Waals surface area contributed by atoms with Crippen LogP contribution in [0.4, 0.5) is 8.78 Å². The zero-order chi connectivity index (χ0) is 12.4. The average molecular weight is 235 g/mol. The van der Waals surface area contributed by atoms with Gasteiger partial charge in [-0.2, -0.15) is 0 Å². The highest BCUT2D eigenvalue weighted by atomic mass is 19.1. The first-order valence-corrected chi connectivity index (χ1v) is 5.13. The number of hydrogen-bond acceptors (Lipinski definition) is 2. The molecule has 2 nitrogen and oxygen atoms in total. The van der Waals surface area contributed by atoms with E-state index in [2.05, 4.69) is 4.98 Å². The Balaban J connectivity index is 2.40. The van der Waals surface area contributed by atoms with Crippen LogP contribution < -0.4 is 0 Å². The summed E-state index contributed by atoms with van der Waals surface area (Å²) >= 11 is 0. The second-order valence-electron chi connectivity index (χ2n) is 3.80. The first-order chi connectivity index (χ1) is 8.08. The molecule has 0 aliphatic rings. The van der Waals surface area contributed by atoms with Gasteiger partial charge in [-0.1, -0.05) is 6.07 Å². The molecule has 17 heavy (non-hydrogen) atoms. The summed E-state index contributed by atoms with van der Waals surface area (Å²) in [6, 6.07) is 6.38. The zero-order valence-electron chi connectivity index (χ0n) is 9.19. The van der Waals surface area contributed by atoms with Crippen LogP contribution in [0.3, 0.4) is 0 Å². The molecule has 1 N–H and O–H groups in total. The lowest BCUT2D eigenvalue weighted by Gasteiger charge is -2.12. The maximum atomic E-state index is 13.5. The molecule has 0 aliphatic carbocycles. The number of halogens is 2. The molecule has 1 unspecified atom stereocenters. The van der Waals surface area contributed by atoms with E-state index in [0.717, 1.165) is 17.8 Å². The van der Waals surface area contributed by atoms with Crippen molar-refractivity contribution in [3.05, 3.63) is 65.0 Å². The van der Waals surface area contributed by atoms with Crippen molar-refractivity contribution < 1.29 is 13.9 Å². The highest BCUT2D eigenvalue weighted by molar-refractivity contribution is 5.31. The number of benzene rings is 1. The Bertz CT molecular complexity index is 543. The van der Waals surface area contributed by atoms with Gasteiger partial charge in [-0.05, 0) is 30.7 Å². The molecule has 2 aromatic rings. The normalized spacial score (nSPS) is 12.5. The predicted molar refractivity (Wildman–Crippen MR) is 59.4 cm³/mol. The van der Waals surface area contributed by atoms with Gasteiger partial charge >= 0.3 is 0 Å². The monoisotopic (exact) mass is 235 g/mol. The summed E-state index contributed by atoms with van der Waals surface area (Å²) in [7, 11) is 0. The smallest absolute Gasteiger partial charge is 0.132 e. The van der Waals surface area contributed by atoms with Crippen molar-refractivity contribution in [3.63, 3.8) is 0 Å². The van der Waals surface area contributed by atoms with Crippen LogP contribution in [0.25, 0.3) is 0 Å². The molecule has 0 saturated carbocycles. The minimum atomic E-state index is -1.11. The Hall–Kier alpha value is -1.81. The van der Waals surface area contributed by atoms with E-state index in [1.54, 1.807) is 19.1 Å². The Labute approximate surface area is 97.6 Å². The first kappa shape index (κ1) is 11.7. The minimum Gasteiger partial charge on any atom is -0.384 e. The Morgan fingerprint density at radius 1 is 1.18 bits per heavy atom. The molecule has 1 atom stereocenters. The van der Waals surface area contributed by atoms with Gasteiger partial charge in [0.2, 0.25) is 0 Å². The van der Waals surface area contributed by atoms with Crippen molar-refractivity contribution in [3.8, 4) is 0 Å². The van der Waals surface area contributed by atoms with E-state index in [1.165, 1.54) is 12.3 Å². The molecule has 0 spiro atoms. The average Bonchev–Trinajstić information content (AvgIpc) is 2.28. The van der Waals surface area contributed by atoms with Crippen LogP contribution in [-0.4, -0.2) is 10.1 Å². The predicted octanol–water partition coefficient (Wildman–Crippen LogP) is 2.75. The second-order valence-corrected chi connectivity index (χ2v) is 3.80. The lowest BCUT2D eigenvalue weighted by molar-refractivity contribution is 0.214. The molecule has 1 aromatic carbocycles. The van der Waals surface area contributed by atoms with Crippen molar-refractivity contribution in [2.24, 2.45) is 0 Å². The fourth-order valence-corrected chi connectivity index (χ4v) is 1.64. The largest absolute Gasteiger partial charge is 0.384 e. The van der Waals surface area contributed by atoms with Crippen LogP contribution in [-0.2, 0) is 0 Å². The van der Waals surface area contributed by atoms with E-state index in [1.807, 2.05) is 0 Å². The molecule has 2 rings (SSSR count). The van der Waals surface area contributed by atoms with Crippen LogP contribution in [0, 0.1) is 18.6 Å². The first-order valence-electron chi connectivity index (χ1n) is 5.13. The molecule has 4 heteroatoms. The molecule has 0 radical (unpaired) electrons. The summed E-state index contributed by atoms with van der Waals surface area (Å²) in [6.07, 6.45) is 0.423. The van der Waals surface area contributed by atoms with Crippen molar-refractivity contribution in [2.45, 2.75) is 13.0 Å². The van der Waals surface area contributed by atoms with Gasteiger partial charge in [-0.3, -0.25) is 4.98 Å². The number of nitrogens with zero attached hydrogens (tertiary/aromatic N) is 1. The van der Waals surface area contributed by atoms with Crippen molar-refractivity contribution >= 4 is 0 Å². The number of aromatic nitrogens is 1. The van der Waals surface area contributed by atoms with Crippen LogP contribution in [0.2, 0.25) is 0 Å². The van der Waals surface area contributed by atoms with Gasteiger partial charge in [0.05, 0.1) is 0 Å². The molecular formula is C13H11F2NO. The maximum Gasteiger partial charge on any atom is 0.132 e. The summed E-state index contributed by atoms with van der Waals surface area (Å²) in [5, 5.41) is 10.00. The van der Waals surface area contributed by atoms with Gasteiger partial charge in [-0.15, -0.1) is 0 Å². The molecule has 0 aliphatic heterocycles. The van der Waals surface area contributed by atoms with E-state index in [-0.39, 0.29) is 5.56 Å². The SMILES string of the molecule is Cc1cc(C(O)c2ccc(F)cc2F)ccn1. The number of aliphatic hydroxyl groups is 1. The summed E-state index contributed by atoms with van der Waals surface area (Å²) in [4.78, 5) is 3.99. The molecule has 0 saturated heterocycles. The molecule has 1 aromatic heterocycles.